The zero-order valence-electron chi connectivity index (χ0n) is 14.2. The summed E-state index contributed by atoms with van der Waals surface area (Å²) in [6.45, 7) is 2.50. The summed E-state index contributed by atoms with van der Waals surface area (Å²) in [7, 11) is 1.75. The summed E-state index contributed by atoms with van der Waals surface area (Å²) in [5, 5.41) is 6.53. The van der Waals surface area contributed by atoms with E-state index in [2.05, 4.69) is 36.5 Å². The lowest BCUT2D eigenvalue weighted by Crippen LogP contribution is -2.38. The Hall–Kier alpha value is -1.16. The third-order valence-electron chi connectivity index (χ3n) is 3.60. The average molecular weight is 524 g/mol. The largest absolute Gasteiger partial charge is 0.356 e. The molecule has 25 heavy (non-hydrogen) atoms. The molecule has 138 valence electrons. The van der Waals surface area contributed by atoms with Gasteiger partial charge in [-0.15, -0.1) is 24.0 Å². The van der Waals surface area contributed by atoms with Gasteiger partial charge in [0.05, 0.1) is 6.33 Å². The van der Waals surface area contributed by atoms with Crippen LogP contribution in [0, 0.1) is 5.82 Å². The van der Waals surface area contributed by atoms with E-state index in [0.717, 1.165) is 48.5 Å². The van der Waals surface area contributed by atoms with Gasteiger partial charge in [0.25, 0.3) is 0 Å². The van der Waals surface area contributed by atoms with Crippen molar-refractivity contribution in [3.8, 4) is 0 Å². The summed E-state index contributed by atoms with van der Waals surface area (Å²) in [6.07, 6.45) is 8.07. The number of guanidine groups is 1. The molecule has 0 aliphatic rings. The van der Waals surface area contributed by atoms with Crippen LogP contribution in [0.4, 0.5) is 4.39 Å². The molecule has 0 aliphatic carbocycles. The second-order valence-corrected chi connectivity index (χ2v) is 6.33. The van der Waals surface area contributed by atoms with Crippen molar-refractivity contribution in [2.45, 2.75) is 25.8 Å². The van der Waals surface area contributed by atoms with E-state index in [1.54, 1.807) is 13.2 Å². The minimum atomic E-state index is -0.161. The Bertz CT molecular complexity index is 648. The van der Waals surface area contributed by atoms with Crippen LogP contribution in [-0.4, -0.2) is 35.6 Å². The summed E-state index contributed by atoms with van der Waals surface area (Å²) >= 11 is 3.27. The average Bonchev–Trinajstić information content (AvgIpc) is 3.08. The van der Waals surface area contributed by atoms with E-state index in [1.165, 1.54) is 6.07 Å². The fourth-order valence-electron chi connectivity index (χ4n) is 2.32. The second-order valence-electron chi connectivity index (χ2n) is 5.42. The summed E-state index contributed by atoms with van der Waals surface area (Å²) in [4.78, 5) is 8.21. The molecule has 2 rings (SSSR count). The number of rotatable bonds is 8. The molecule has 0 spiro atoms. The Morgan fingerprint density at radius 1 is 1.28 bits per heavy atom. The molecule has 0 saturated heterocycles. The van der Waals surface area contributed by atoms with E-state index >= 15 is 0 Å². The summed E-state index contributed by atoms with van der Waals surface area (Å²) in [6, 6.07) is 5.19. The van der Waals surface area contributed by atoms with Crippen molar-refractivity contribution in [1.29, 1.82) is 0 Å². The number of nitrogens with zero attached hydrogens (tertiary/aromatic N) is 3. The van der Waals surface area contributed by atoms with Crippen LogP contribution in [0.15, 0.2) is 46.4 Å². The highest BCUT2D eigenvalue weighted by atomic mass is 127. The Kier molecular flexibility index (Phi) is 10.7. The highest BCUT2D eigenvalue weighted by Gasteiger charge is 2.03. The molecule has 1 aromatic carbocycles. The maximum absolute atomic E-state index is 13.7. The van der Waals surface area contributed by atoms with Gasteiger partial charge < -0.3 is 15.2 Å². The Morgan fingerprint density at radius 2 is 2.04 bits per heavy atom. The molecule has 0 atom stereocenters. The van der Waals surface area contributed by atoms with Crippen molar-refractivity contribution in [1.82, 2.24) is 20.2 Å². The Morgan fingerprint density at radius 3 is 2.68 bits per heavy atom. The molecule has 0 aliphatic heterocycles. The molecule has 2 aromatic rings. The van der Waals surface area contributed by atoms with E-state index in [9.17, 15) is 4.39 Å². The molecule has 0 bridgehead atoms. The highest BCUT2D eigenvalue weighted by Crippen LogP contribution is 2.16. The van der Waals surface area contributed by atoms with E-state index in [1.807, 2.05) is 29.2 Å². The molecule has 0 fully saturated rings. The first-order chi connectivity index (χ1) is 11.7. The summed E-state index contributed by atoms with van der Waals surface area (Å²) in [5.74, 6) is 0.614. The van der Waals surface area contributed by atoms with Gasteiger partial charge in [-0.3, -0.25) is 4.99 Å². The molecular formula is C17H24BrFIN5. The standard InChI is InChI=1S/C17H23BrFN5.HI/c1-20-17(23-8-3-10-24-11-9-21-13-24)22-7-2-4-14-5-6-15(18)12-16(14)19;/h5-6,9,11-13H,2-4,7-8,10H2,1H3,(H2,20,22,23);1H. The Balaban J connectivity index is 0.00000312. The number of aliphatic imine (C=N–C) groups is 1. The van der Waals surface area contributed by atoms with Crippen LogP contribution in [0.5, 0.6) is 0 Å². The van der Waals surface area contributed by atoms with Gasteiger partial charge in [-0.25, -0.2) is 9.37 Å². The van der Waals surface area contributed by atoms with Gasteiger partial charge in [-0.1, -0.05) is 22.0 Å². The third kappa shape index (κ3) is 8.17. The van der Waals surface area contributed by atoms with Crippen LogP contribution in [0.3, 0.4) is 0 Å². The minimum absolute atomic E-state index is 0. The number of imidazole rings is 1. The molecule has 5 nitrogen and oxygen atoms in total. The zero-order chi connectivity index (χ0) is 17.2. The third-order valence-corrected chi connectivity index (χ3v) is 4.09. The molecule has 8 heteroatoms. The number of hydrogen-bond acceptors (Lipinski definition) is 2. The van der Waals surface area contributed by atoms with E-state index in [0.29, 0.717) is 6.42 Å². The smallest absolute Gasteiger partial charge is 0.190 e. The number of benzene rings is 1. The lowest BCUT2D eigenvalue weighted by atomic mass is 10.1. The van der Waals surface area contributed by atoms with Crippen molar-refractivity contribution in [2.75, 3.05) is 20.1 Å². The zero-order valence-corrected chi connectivity index (χ0v) is 18.1. The summed E-state index contributed by atoms with van der Waals surface area (Å²) < 4.78 is 16.5. The van der Waals surface area contributed by atoms with Gasteiger partial charge in [0.1, 0.15) is 5.82 Å². The molecular weight excluding hydrogens is 500 g/mol. The Labute approximate surface area is 173 Å². The van der Waals surface area contributed by atoms with Crippen molar-refractivity contribution in [2.24, 2.45) is 4.99 Å². The maximum Gasteiger partial charge on any atom is 0.190 e. The van der Waals surface area contributed by atoms with Gasteiger partial charge in [0.15, 0.2) is 5.96 Å². The van der Waals surface area contributed by atoms with Crippen LogP contribution < -0.4 is 10.6 Å². The van der Waals surface area contributed by atoms with Crippen LogP contribution in [0.1, 0.15) is 18.4 Å². The predicted molar refractivity (Wildman–Crippen MR) is 114 cm³/mol. The first-order valence-electron chi connectivity index (χ1n) is 8.03. The molecule has 0 unspecified atom stereocenters. The van der Waals surface area contributed by atoms with Crippen molar-refractivity contribution in [3.05, 3.63) is 52.8 Å². The van der Waals surface area contributed by atoms with E-state index in [4.69, 9.17) is 0 Å². The van der Waals surface area contributed by atoms with Crippen LogP contribution >= 0.6 is 39.9 Å². The molecule has 0 radical (unpaired) electrons. The first kappa shape index (κ1) is 21.9. The predicted octanol–water partition coefficient (Wildman–Crippen LogP) is 3.59. The highest BCUT2D eigenvalue weighted by molar-refractivity contribution is 14.0. The van der Waals surface area contributed by atoms with Crippen LogP contribution in [0.2, 0.25) is 0 Å². The van der Waals surface area contributed by atoms with Crippen molar-refractivity contribution >= 4 is 45.9 Å². The van der Waals surface area contributed by atoms with Gasteiger partial charge in [0.2, 0.25) is 0 Å². The number of halogens is 3. The van der Waals surface area contributed by atoms with E-state index < -0.39 is 0 Å². The van der Waals surface area contributed by atoms with Crippen molar-refractivity contribution < 1.29 is 4.39 Å². The second kappa shape index (κ2) is 12.2. The summed E-state index contributed by atoms with van der Waals surface area (Å²) in [5.41, 5.74) is 0.739. The first-order valence-corrected chi connectivity index (χ1v) is 8.82. The van der Waals surface area contributed by atoms with E-state index in [-0.39, 0.29) is 29.8 Å². The lowest BCUT2D eigenvalue weighted by molar-refractivity contribution is 0.600. The number of nitrogens with one attached hydrogen (secondary N) is 2. The fourth-order valence-corrected chi connectivity index (χ4v) is 2.65. The van der Waals surface area contributed by atoms with Gasteiger partial charge in [0, 0.05) is 43.5 Å². The molecule has 0 amide bonds. The van der Waals surface area contributed by atoms with Gasteiger partial charge in [-0.2, -0.15) is 0 Å². The van der Waals surface area contributed by atoms with Gasteiger partial charge in [-0.05, 0) is 37.0 Å². The van der Waals surface area contributed by atoms with Gasteiger partial charge >= 0.3 is 0 Å². The quantitative estimate of drug-likeness (QED) is 0.240. The van der Waals surface area contributed by atoms with Crippen LogP contribution in [0.25, 0.3) is 0 Å². The molecule has 1 aromatic heterocycles. The topological polar surface area (TPSA) is 54.2 Å². The molecule has 0 saturated carbocycles. The minimum Gasteiger partial charge on any atom is -0.356 e. The lowest BCUT2D eigenvalue weighted by Gasteiger charge is -2.12. The SMILES string of the molecule is CN=C(NCCCc1ccc(Br)cc1F)NCCCn1ccnc1.I. The maximum atomic E-state index is 13.7. The number of hydrogen-bond donors (Lipinski definition) is 2. The molecule has 1 heterocycles. The number of aryl methyl sites for hydroxylation is 2. The fraction of sp³-hybridized carbons (Fsp3) is 0.412. The monoisotopic (exact) mass is 523 g/mol. The number of aromatic nitrogens is 2. The van der Waals surface area contributed by atoms with Crippen LogP contribution in [-0.2, 0) is 13.0 Å². The normalized spacial score (nSPS) is 11.1. The van der Waals surface area contributed by atoms with Crippen molar-refractivity contribution in [3.63, 3.8) is 0 Å². The molecule has 2 N–H and O–H groups in total.